The van der Waals surface area contributed by atoms with Crippen LogP contribution in [0.4, 0.5) is 17.6 Å². The Bertz CT molecular complexity index is 526. The van der Waals surface area contributed by atoms with Gasteiger partial charge in [-0.1, -0.05) is 32.0 Å². The summed E-state index contributed by atoms with van der Waals surface area (Å²) in [6.45, 7) is 4.69. The molecule has 19 heavy (non-hydrogen) atoms. The van der Waals surface area contributed by atoms with E-state index in [0.29, 0.717) is 24.4 Å². The van der Waals surface area contributed by atoms with Crippen molar-refractivity contribution in [3.05, 3.63) is 36.2 Å². The third kappa shape index (κ3) is 4.18. The molecule has 6 nitrogen and oxygen atoms in total. The van der Waals surface area contributed by atoms with Crippen molar-refractivity contribution >= 4 is 17.6 Å². The Morgan fingerprint density at radius 1 is 1.11 bits per heavy atom. The van der Waals surface area contributed by atoms with Gasteiger partial charge in [0.15, 0.2) is 0 Å². The highest BCUT2D eigenvalue weighted by Gasteiger charge is 2.05. The number of hydrogen-bond acceptors (Lipinski definition) is 6. The standard InChI is InChI=1S/C13H18N6/c1-9(2)15-8-11-17-12(14)19-13(18-11)16-10-6-4-3-5-7-10/h3-7,9,15H,8H2,1-2H3,(H3,14,16,17,18,19). The molecule has 2 aromatic rings. The molecule has 0 atom stereocenters. The highest BCUT2D eigenvalue weighted by Crippen LogP contribution is 2.12. The minimum Gasteiger partial charge on any atom is -0.368 e. The van der Waals surface area contributed by atoms with Crippen LogP contribution in [0.3, 0.4) is 0 Å². The number of nitrogens with two attached hydrogens (primary N) is 1. The van der Waals surface area contributed by atoms with Crippen molar-refractivity contribution < 1.29 is 0 Å². The zero-order valence-corrected chi connectivity index (χ0v) is 11.1. The Morgan fingerprint density at radius 3 is 2.53 bits per heavy atom. The number of para-hydroxylation sites is 1. The van der Waals surface area contributed by atoms with Gasteiger partial charge in [-0.25, -0.2) is 0 Å². The van der Waals surface area contributed by atoms with Gasteiger partial charge in [0.05, 0.1) is 6.54 Å². The highest BCUT2D eigenvalue weighted by molar-refractivity contribution is 5.53. The maximum atomic E-state index is 5.69. The Hall–Kier alpha value is -2.21. The molecule has 0 radical (unpaired) electrons. The number of nitrogen functional groups attached to an aromatic ring is 1. The first-order chi connectivity index (χ1) is 9.13. The molecule has 0 amide bonds. The number of anilines is 3. The van der Waals surface area contributed by atoms with Crippen molar-refractivity contribution in [3.8, 4) is 0 Å². The molecule has 0 bridgehead atoms. The molecule has 4 N–H and O–H groups in total. The fourth-order valence-electron chi connectivity index (χ4n) is 1.52. The molecular formula is C13H18N6. The summed E-state index contributed by atoms with van der Waals surface area (Å²) in [7, 11) is 0. The third-order valence-electron chi connectivity index (χ3n) is 2.40. The van der Waals surface area contributed by atoms with Gasteiger partial charge in [-0.3, -0.25) is 0 Å². The lowest BCUT2D eigenvalue weighted by molar-refractivity contribution is 0.572. The van der Waals surface area contributed by atoms with Crippen LogP contribution in [-0.4, -0.2) is 21.0 Å². The molecule has 2 rings (SSSR count). The van der Waals surface area contributed by atoms with Crippen LogP contribution in [0.25, 0.3) is 0 Å². The number of benzene rings is 1. The van der Waals surface area contributed by atoms with E-state index in [2.05, 4.69) is 39.4 Å². The Balaban J connectivity index is 2.12. The molecule has 0 saturated carbocycles. The highest BCUT2D eigenvalue weighted by atomic mass is 15.2. The van der Waals surface area contributed by atoms with Gasteiger partial charge < -0.3 is 16.4 Å². The summed E-state index contributed by atoms with van der Waals surface area (Å²) in [6, 6.07) is 10.1. The van der Waals surface area contributed by atoms with E-state index in [-0.39, 0.29) is 5.95 Å². The van der Waals surface area contributed by atoms with E-state index in [4.69, 9.17) is 5.73 Å². The lowest BCUT2D eigenvalue weighted by atomic mass is 10.3. The van der Waals surface area contributed by atoms with Crippen molar-refractivity contribution in [2.45, 2.75) is 26.4 Å². The van der Waals surface area contributed by atoms with E-state index >= 15 is 0 Å². The first-order valence-corrected chi connectivity index (χ1v) is 6.19. The SMILES string of the molecule is CC(C)NCc1nc(N)nc(Nc2ccccc2)n1. The smallest absolute Gasteiger partial charge is 0.232 e. The van der Waals surface area contributed by atoms with E-state index in [1.165, 1.54) is 0 Å². The summed E-state index contributed by atoms with van der Waals surface area (Å²) in [5, 5.41) is 6.35. The second-order valence-electron chi connectivity index (χ2n) is 4.46. The van der Waals surface area contributed by atoms with E-state index < -0.39 is 0 Å². The molecule has 1 aromatic heterocycles. The van der Waals surface area contributed by atoms with Gasteiger partial charge in [-0.15, -0.1) is 0 Å². The van der Waals surface area contributed by atoms with Crippen LogP contribution in [0.1, 0.15) is 19.7 Å². The van der Waals surface area contributed by atoms with Crippen LogP contribution < -0.4 is 16.4 Å². The van der Waals surface area contributed by atoms with E-state index in [9.17, 15) is 0 Å². The molecular weight excluding hydrogens is 240 g/mol. The van der Waals surface area contributed by atoms with Crippen molar-refractivity contribution in [1.29, 1.82) is 0 Å². The number of rotatable bonds is 5. The van der Waals surface area contributed by atoms with Crippen LogP contribution in [-0.2, 0) is 6.54 Å². The van der Waals surface area contributed by atoms with Gasteiger partial charge in [-0.2, -0.15) is 15.0 Å². The van der Waals surface area contributed by atoms with E-state index in [1.807, 2.05) is 30.3 Å². The lowest BCUT2D eigenvalue weighted by Gasteiger charge is -2.09. The number of nitrogens with one attached hydrogen (secondary N) is 2. The van der Waals surface area contributed by atoms with Crippen LogP contribution >= 0.6 is 0 Å². The molecule has 0 fully saturated rings. The Morgan fingerprint density at radius 2 is 1.84 bits per heavy atom. The number of aromatic nitrogens is 3. The maximum absolute atomic E-state index is 5.69. The predicted octanol–water partition coefficient (Wildman–Crippen LogP) is 1.70. The lowest BCUT2D eigenvalue weighted by Crippen LogP contribution is -2.23. The monoisotopic (exact) mass is 258 g/mol. The van der Waals surface area contributed by atoms with Gasteiger partial charge in [0.2, 0.25) is 11.9 Å². The molecule has 0 aliphatic rings. The molecule has 1 heterocycles. The second kappa shape index (κ2) is 6.10. The molecule has 0 saturated heterocycles. The largest absolute Gasteiger partial charge is 0.368 e. The van der Waals surface area contributed by atoms with E-state index in [1.54, 1.807) is 0 Å². The van der Waals surface area contributed by atoms with Crippen LogP contribution in [0.5, 0.6) is 0 Å². The van der Waals surface area contributed by atoms with Gasteiger partial charge in [-0.05, 0) is 12.1 Å². The minimum absolute atomic E-state index is 0.217. The molecule has 0 unspecified atom stereocenters. The van der Waals surface area contributed by atoms with Crippen molar-refractivity contribution in [2.24, 2.45) is 0 Å². The molecule has 0 aliphatic heterocycles. The quantitative estimate of drug-likeness (QED) is 0.756. The normalized spacial score (nSPS) is 10.7. The molecule has 1 aromatic carbocycles. The maximum Gasteiger partial charge on any atom is 0.232 e. The zero-order chi connectivity index (χ0) is 13.7. The van der Waals surface area contributed by atoms with Gasteiger partial charge in [0.25, 0.3) is 0 Å². The molecule has 6 heteroatoms. The van der Waals surface area contributed by atoms with Crippen LogP contribution in [0.15, 0.2) is 30.3 Å². The van der Waals surface area contributed by atoms with Crippen molar-refractivity contribution in [3.63, 3.8) is 0 Å². The summed E-state index contributed by atoms with van der Waals surface area (Å²) in [4.78, 5) is 12.5. The fourth-order valence-corrected chi connectivity index (χ4v) is 1.52. The zero-order valence-electron chi connectivity index (χ0n) is 11.1. The first-order valence-electron chi connectivity index (χ1n) is 6.19. The summed E-state index contributed by atoms with van der Waals surface area (Å²) in [6.07, 6.45) is 0. The van der Waals surface area contributed by atoms with Crippen LogP contribution in [0.2, 0.25) is 0 Å². The average molecular weight is 258 g/mol. The Labute approximate surface area is 112 Å². The molecule has 100 valence electrons. The Kier molecular flexibility index (Phi) is 4.25. The van der Waals surface area contributed by atoms with Gasteiger partial charge in [0.1, 0.15) is 5.82 Å². The first kappa shape index (κ1) is 13.2. The summed E-state index contributed by atoms with van der Waals surface area (Å²) >= 11 is 0. The van der Waals surface area contributed by atoms with Crippen molar-refractivity contribution in [1.82, 2.24) is 20.3 Å². The van der Waals surface area contributed by atoms with Gasteiger partial charge in [0, 0.05) is 11.7 Å². The average Bonchev–Trinajstić information content (AvgIpc) is 2.37. The molecule has 0 spiro atoms. The minimum atomic E-state index is 0.217. The fraction of sp³-hybridized carbons (Fsp3) is 0.308. The topological polar surface area (TPSA) is 88.8 Å². The number of hydrogen-bond donors (Lipinski definition) is 3. The third-order valence-corrected chi connectivity index (χ3v) is 2.40. The predicted molar refractivity (Wildman–Crippen MR) is 75.9 cm³/mol. The number of nitrogens with zero attached hydrogens (tertiary/aromatic N) is 3. The van der Waals surface area contributed by atoms with Crippen molar-refractivity contribution in [2.75, 3.05) is 11.1 Å². The molecule has 0 aliphatic carbocycles. The van der Waals surface area contributed by atoms with E-state index in [0.717, 1.165) is 5.69 Å². The summed E-state index contributed by atoms with van der Waals surface area (Å²) in [5.74, 6) is 1.30. The van der Waals surface area contributed by atoms with Crippen LogP contribution in [0, 0.1) is 0 Å². The second-order valence-corrected chi connectivity index (χ2v) is 4.46. The summed E-state index contributed by atoms with van der Waals surface area (Å²) < 4.78 is 0. The summed E-state index contributed by atoms with van der Waals surface area (Å²) in [5.41, 5.74) is 6.60. The van der Waals surface area contributed by atoms with Gasteiger partial charge >= 0.3 is 0 Å².